The van der Waals surface area contributed by atoms with Crippen LogP contribution in [-0.2, 0) is 23.0 Å². The SMILES string of the molecule is Cl.O=S(=O)(NCCC1CCCNC1)c1cn2c(n1)CCCC2. The lowest BCUT2D eigenvalue weighted by Gasteiger charge is -2.22. The van der Waals surface area contributed by atoms with E-state index in [1.165, 1.54) is 12.8 Å². The van der Waals surface area contributed by atoms with Crippen molar-refractivity contribution < 1.29 is 8.42 Å². The van der Waals surface area contributed by atoms with E-state index in [1.807, 2.05) is 4.57 Å². The van der Waals surface area contributed by atoms with Crippen molar-refractivity contribution in [3.05, 3.63) is 12.0 Å². The highest BCUT2D eigenvalue weighted by Crippen LogP contribution is 2.18. The van der Waals surface area contributed by atoms with Crippen molar-refractivity contribution in [2.24, 2.45) is 5.92 Å². The van der Waals surface area contributed by atoms with Gasteiger partial charge in [-0.3, -0.25) is 0 Å². The van der Waals surface area contributed by atoms with Gasteiger partial charge in [-0.05, 0) is 51.1 Å². The zero-order valence-corrected chi connectivity index (χ0v) is 14.4. The number of aryl methyl sites for hydroxylation is 2. The van der Waals surface area contributed by atoms with Gasteiger partial charge in [0, 0.05) is 25.7 Å². The van der Waals surface area contributed by atoms with E-state index in [0.717, 1.165) is 51.1 Å². The van der Waals surface area contributed by atoms with Crippen molar-refractivity contribution in [2.45, 2.75) is 50.1 Å². The number of fused-ring (bicyclic) bond motifs is 1. The van der Waals surface area contributed by atoms with Gasteiger partial charge in [-0.25, -0.2) is 18.1 Å². The molecule has 1 aromatic heterocycles. The van der Waals surface area contributed by atoms with E-state index in [0.29, 0.717) is 12.5 Å². The Kier molecular flexibility index (Phi) is 6.26. The summed E-state index contributed by atoms with van der Waals surface area (Å²) < 4.78 is 29.3. The van der Waals surface area contributed by atoms with Crippen molar-refractivity contribution in [2.75, 3.05) is 19.6 Å². The first-order valence-corrected chi connectivity index (χ1v) is 9.40. The molecule has 0 saturated carbocycles. The Morgan fingerprint density at radius 2 is 2.23 bits per heavy atom. The van der Waals surface area contributed by atoms with Gasteiger partial charge in [0.25, 0.3) is 10.0 Å². The number of aromatic nitrogens is 2. The van der Waals surface area contributed by atoms with Crippen LogP contribution in [0.5, 0.6) is 0 Å². The van der Waals surface area contributed by atoms with Crippen LogP contribution >= 0.6 is 12.4 Å². The standard InChI is InChI=1S/C14H24N4O2S.ClH/c19-21(20,16-8-6-12-4-3-7-15-10-12)14-11-18-9-2-1-5-13(18)17-14;/h11-12,15-16H,1-10H2;1H. The fourth-order valence-corrected chi connectivity index (χ4v) is 4.18. The first-order valence-electron chi connectivity index (χ1n) is 7.91. The predicted octanol–water partition coefficient (Wildman–Crippen LogP) is 1.31. The molecule has 1 atom stereocenters. The zero-order valence-electron chi connectivity index (χ0n) is 12.8. The van der Waals surface area contributed by atoms with E-state index < -0.39 is 10.0 Å². The molecular formula is C14H25ClN4O2S. The summed E-state index contributed by atoms with van der Waals surface area (Å²) in [6, 6.07) is 0. The van der Waals surface area contributed by atoms with Crippen LogP contribution < -0.4 is 10.0 Å². The third-order valence-corrected chi connectivity index (χ3v) is 5.74. The number of nitrogens with zero attached hydrogens (tertiary/aromatic N) is 2. The Bertz CT molecular complexity index is 558. The van der Waals surface area contributed by atoms with E-state index in [4.69, 9.17) is 0 Å². The van der Waals surface area contributed by atoms with Gasteiger partial charge in [0.2, 0.25) is 0 Å². The van der Waals surface area contributed by atoms with Crippen molar-refractivity contribution in [3.8, 4) is 0 Å². The number of imidazole rings is 1. The maximum absolute atomic E-state index is 12.3. The van der Waals surface area contributed by atoms with Gasteiger partial charge in [-0.15, -0.1) is 12.4 Å². The number of hydrogen-bond donors (Lipinski definition) is 2. The Morgan fingerprint density at radius 3 is 2.95 bits per heavy atom. The van der Waals surface area contributed by atoms with Crippen LogP contribution in [0.25, 0.3) is 0 Å². The average Bonchev–Trinajstić information content (AvgIpc) is 2.93. The molecule has 126 valence electrons. The van der Waals surface area contributed by atoms with Crippen molar-refractivity contribution >= 4 is 22.4 Å². The molecule has 8 heteroatoms. The first kappa shape index (κ1) is 17.7. The second-order valence-electron chi connectivity index (χ2n) is 6.04. The summed E-state index contributed by atoms with van der Waals surface area (Å²) in [7, 11) is -3.46. The first-order chi connectivity index (χ1) is 10.1. The van der Waals surface area contributed by atoms with Crippen LogP contribution in [0.3, 0.4) is 0 Å². The summed E-state index contributed by atoms with van der Waals surface area (Å²) >= 11 is 0. The quantitative estimate of drug-likeness (QED) is 0.841. The fraction of sp³-hybridized carbons (Fsp3) is 0.786. The normalized spacial score (nSPS) is 21.9. The lowest BCUT2D eigenvalue weighted by atomic mass is 9.96. The second kappa shape index (κ2) is 7.77. The van der Waals surface area contributed by atoms with Gasteiger partial charge in [0.1, 0.15) is 5.82 Å². The van der Waals surface area contributed by atoms with Crippen molar-refractivity contribution in [3.63, 3.8) is 0 Å². The second-order valence-corrected chi connectivity index (χ2v) is 7.76. The highest BCUT2D eigenvalue weighted by Gasteiger charge is 2.22. The lowest BCUT2D eigenvalue weighted by molar-refractivity contribution is 0.358. The minimum absolute atomic E-state index is 0. The molecule has 3 heterocycles. The Balaban J connectivity index is 0.00000176. The van der Waals surface area contributed by atoms with Gasteiger partial charge in [0.15, 0.2) is 5.03 Å². The summed E-state index contributed by atoms with van der Waals surface area (Å²) in [4.78, 5) is 4.29. The monoisotopic (exact) mass is 348 g/mol. The van der Waals surface area contributed by atoms with Crippen LogP contribution in [0.2, 0.25) is 0 Å². The molecule has 2 aliphatic rings. The van der Waals surface area contributed by atoms with E-state index >= 15 is 0 Å². The molecule has 0 spiro atoms. The number of hydrogen-bond acceptors (Lipinski definition) is 4. The van der Waals surface area contributed by atoms with Crippen molar-refractivity contribution in [1.82, 2.24) is 19.6 Å². The lowest BCUT2D eigenvalue weighted by Crippen LogP contribution is -2.33. The third-order valence-electron chi connectivity index (χ3n) is 4.41. The number of halogens is 1. The highest BCUT2D eigenvalue weighted by atomic mass is 35.5. The van der Waals surface area contributed by atoms with E-state index in [2.05, 4.69) is 15.0 Å². The molecule has 1 saturated heterocycles. The fourth-order valence-electron chi connectivity index (χ4n) is 3.16. The molecule has 0 aromatic carbocycles. The highest BCUT2D eigenvalue weighted by molar-refractivity contribution is 7.89. The molecule has 6 nitrogen and oxygen atoms in total. The number of rotatable bonds is 5. The van der Waals surface area contributed by atoms with E-state index in [1.54, 1.807) is 6.20 Å². The number of piperidine rings is 1. The Labute approximate surface area is 138 Å². The van der Waals surface area contributed by atoms with Gasteiger partial charge in [-0.2, -0.15) is 0 Å². The maximum Gasteiger partial charge on any atom is 0.259 e. The topological polar surface area (TPSA) is 76.0 Å². The summed E-state index contributed by atoms with van der Waals surface area (Å²) in [5.74, 6) is 1.48. The van der Waals surface area contributed by atoms with Crippen LogP contribution in [0, 0.1) is 5.92 Å². The number of nitrogens with one attached hydrogen (secondary N) is 2. The molecule has 3 rings (SSSR count). The minimum atomic E-state index is -3.46. The molecule has 2 aliphatic heterocycles. The molecular weight excluding hydrogens is 324 g/mol. The summed E-state index contributed by atoms with van der Waals surface area (Å²) in [5.41, 5.74) is 0. The molecule has 1 unspecified atom stereocenters. The van der Waals surface area contributed by atoms with Crippen molar-refractivity contribution in [1.29, 1.82) is 0 Å². The summed E-state index contributed by atoms with van der Waals surface area (Å²) in [6.07, 6.45) is 8.02. The van der Waals surface area contributed by atoms with Gasteiger partial charge < -0.3 is 9.88 Å². The minimum Gasteiger partial charge on any atom is -0.333 e. The zero-order chi connectivity index (χ0) is 14.7. The van der Waals surface area contributed by atoms with Gasteiger partial charge in [-0.1, -0.05) is 0 Å². The van der Waals surface area contributed by atoms with Gasteiger partial charge >= 0.3 is 0 Å². The van der Waals surface area contributed by atoms with Crippen LogP contribution in [-0.4, -0.2) is 37.6 Å². The Hall–Kier alpha value is -0.630. The van der Waals surface area contributed by atoms with E-state index in [9.17, 15) is 8.42 Å². The average molecular weight is 349 g/mol. The van der Waals surface area contributed by atoms with Crippen LogP contribution in [0.15, 0.2) is 11.2 Å². The smallest absolute Gasteiger partial charge is 0.259 e. The molecule has 1 fully saturated rings. The maximum atomic E-state index is 12.3. The molecule has 1 aromatic rings. The Morgan fingerprint density at radius 1 is 1.36 bits per heavy atom. The summed E-state index contributed by atoms with van der Waals surface area (Å²) in [6.45, 7) is 3.46. The summed E-state index contributed by atoms with van der Waals surface area (Å²) in [5, 5.41) is 3.54. The van der Waals surface area contributed by atoms with Gasteiger partial charge in [0.05, 0.1) is 0 Å². The molecule has 2 N–H and O–H groups in total. The number of sulfonamides is 1. The third kappa shape index (κ3) is 4.22. The van der Waals surface area contributed by atoms with Crippen LogP contribution in [0.1, 0.15) is 37.9 Å². The van der Waals surface area contributed by atoms with E-state index in [-0.39, 0.29) is 17.4 Å². The molecule has 0 radical (unpaired) electrons. The molecule has 0 bridgehead atoms. The molecule has 22 heavy (non-hydrogen) atoms. The molecule has 0 amide bonds. The molecule has 0 aliphatic carbocycles. The largest absolute Gasteiger partial charge is 0.333 e. The predicted molar refractivity (Wildman–Crippen MR) is 87.8 cm³/mol. The van der Waals surface area contributed by atoms with Crippen LogP contribution in [0.4, 0.5) is 0 Å².